The summed E-state index contributed by atoms with van der Waals surface area (Å²) in [6.07, 6.45) is -3.79. The maximum atomic E-state index is 12.2. The van der Waals surface area contributed by atoms with Gasteiger partial charge in [0.05, 0.1) is 0 Å². The van der Waals surface area contributed by atoms with Crippen molar-refractivity contribution >= 4 is 27.3 Å². The van der Waals surface area contributed by atoms with Crippen LogP contribution in [0.5, 0.6) is 0 Å². The van der Waals surface area contributed by atoms with Crippen molar-refractivity contribution in [3.8, 4) is 0 Å². The van der Waals surface area contributed by atoms with E-state index in [1.54, 1.807) is 0 Å². The molecule has 0 aromatic rings. The number of rotatable bonds is 5. The first kappa shape index (κ1) is 16.5. The number of halogens is 4. The Morgan fingerprint density at radius 2 is 1.88 bits per heavy atom. The number of alkyl halides is 4. The Morgan fingerprint density at radius 1 is 1.41 bits per heavy atom. The van der Waals surface area contributed by atoms with Crippen molar-refractivity contribution in [3.05, 3.63) is 0 Å². The van der Waals surface area contributed by atoms with E-state index in [4.69, 9.17) is 11.6 Å². The summed E-state index contributed by atoms with van der Waals surface area (Å²) >= 11 is 5.28. The van der Waals surface area contributed by atoms with Gasteiger partial charge in [0.2, 0.25) is 5.91 Å². The Labute approximate surface area is 103 Å². The van der Waals surface area contributed by atoms with Crippen molar-refractivity contribution < 1.29 is 26.4 Å². The van der Waals surface area contributed by atoms with Gasteiger partial charge < -0.3 is 4.90 Å². The van der Waals surface area contributed by atoms with E-state index in [2.05, 4.69) is 0 Å². The molecular formula is C8H13ClF3NO3S. The summed E-state index contributed by atoms with van der Waals surface area (Å²) in [6.45, 7) is -0.798. The monoisotopic (exact) mass is 295 g/mol. The van der Waals surface area contributed by atoms with Gasteiger partial charge in [0.1, 0.15) is 11.8 Å². The Bertz CT molecular complexity index is 369. The molecule has 0 aromatic heterocycles. The summed E-state index contributed by atoms with van der Waals surface area (Å²) in [5, 5.41) is -1.51. The zero-order valence-electron chi connectivity index (χ0n) is 9.29. The normalized spacial score (nSPS) is 14.5. The SMILES string of the molecule is CC(C(=O)N(CCCl)CC(F)(F)F)S(C)(=O)=O. The molecule has 1 atom stereocenters. The van der Waals surface area contributed by atoms with E-state index in [0.717, 1.165) is 13.2 Å². The predicted molar refractivity (Wildman–Crippen MR) is 57.7 cm³/mol. The molecule has 0 aromatic carbocycles. The lowest BCUT2D eigenvalue weighted by Gasteiger charge is -2.25. The van der Waals surface area contributed by atoms with Crippen LogP contribution in [-0.2, 0) is 14.6 Å². The van der Waals surface area contributed by atoms with E-state index in [1.807, 2.05) is 0 Å². The highest BCUT2D eigenvalue weighted by atomic mass is 35.5. The molecule has 0 spiro atoms. The van der Waals surface area contributed by atoms with Gasteiger partial charge in [-0.05, 0) is 6.92 Å². The van der Waals surface area contributed by atoms with Crippen LogP contribution in [0.25, 0.3) is 0 Å². The smallest absolute Gasteiger partial charge is 0.331 e. The van der Waals surface area contributed by atoms with Crippen molar-refractivity contribution in [3.63, 3.8) is 0 Å². The Kier molecular flexibility index (Phi) is 5.73. The lowest BCUT2D eigenvalue weighted by atomic mass is 10.3. The number of carbonyl (C=O) groups is 1. The first-order chi connectivity index (χ1) is 7.49. The summed E-state index contributed by atoms with van der Waals surface area (Å²) in [5.41, 5.74) is 0. The van der Waals surface area contributed by atoms with E-state index < -0.39 is 33.7 Å². The fraction of sp³-hybridized carbons (Fsp3) is 0.875. The third kappa shape index (κ3) is 6.11. The van der Waals surface area contributed by atoms with E-state index in [1.165, 1.54) is 0 Å². The van der Waals surface area contributed by atoms with Crippen molar-refractivity contribution in [2.45, 2.75) is 18.3 Å². The second-order valence-electron chi connectivity index (χ2n) is 3.54. The van der Waals surface area contributed by atoms with Crippen molar-refractivity contribution in [2.75, 3.05) is 25.2 Å². The van der Waals surface area contributed by atoms with Crippen molar-refractivity contribution in [1.82, 2.24) is 4.90 Å². The lowest BCUT2D eigenvalue weighted by Crippen LogP contribution is -2.46. The standard InChI is InChI=1S/C8H13ClF3NO3S/c1-6(17(2,15)16)7(14)13(4-3-9)5-8(10,11)12/h6H,3-5H2,1-2H3. The zero-order valence-corrected chi connectivity index (χ0v) is 10.9. The topological polar surface area (TPSA) is 54.5 Å². The van der Waals surface area contributed by atoms with Gasteiger partial charge in [-0.25, -0.2) is 8.42 Å². The fourth-order valence-electron chi connectivity index (χ4n) is 1.03. The van der Waals surface area contributed by atoms with E-state index >= 15 is 0 Å². The van der Waals surface area contributed by atoms with Crippen LogP contribution in [-0.4, -0.2) is 55.9 Å². The van der Waals surface area contributed by atoms with Crippen LogP contribution in [0.4, 0.5) is 13.2 Å². The molecule has 17 heavy (non-hydrogen) atoms. The second kappa shape index (κ2) is 5.90. The Morgan fingerprint density at radius 3 is 2.18 bits per heavy atom. The van der Waals surface area contributed by atoms with Crippen molar-refractivity contribution in [1.29, 1.82) is 0 Å². The average Bonchev–Trinajstić information content (AvgIpc) is 2.11. The maximum Gasteiger partial charge on any atom is 0.406 e. The minimum atomic E-state index is -4.58. The Balaban J connectivity index is 4.90. The van der Waals surface area contributed by atoms with Crippen LogP contribution in [0.1, 0.15) is 6.92 Å². The fourth-order valence-corrected chi connectivity index (χ4v) is 1.75. The molecule has 9 heteroatoms. The molecule has 4 nitrogen and oxygen atoms in total. The van der Waals surface area contributed by atoms with Gasteiger partial charge in [0.15, 0.2) is 9.84 Å². The van der Waals surface area contributed by atoms with Crippen LogP contribution in [0.15, 0.2) is 0 Å². The van der Waals surface area contributed by atoms with Crippen molar-refractivity contribution in [2.24, 2.45) is 0 Å². The largest absolute Gasteiger partial charge is 0.406 e. The first-order valence-electron chi connectivity index (χ1n) is 4.59. The highest BCUT2D eigenvalue weighted by Gasteiger charge is 2.36. The molecule has 0 radical (unpaired) electrons. The molecule has 0 rings (SSSR count). The van der Waals surface area contributed by atoms with Gasteiger partial charge in [-0.3, -0.25) is 4.79 Å². The molecule has 0 aliphatic heterocycles. The molecule has 0 fully saturated rings. The third-order valence-electron chi connectivity index (χ3n) is 2.03. The summed E-state index contributed by atoms with van der Waals surface area (Å²) in [7, 11) is -3.72. The van der Waals surface area contributed by atoms with Gasteiger partial charge in [-0.2, -0.15) is 13.2 Å². The summed E-state index contributed by atoms with van der Waals surface area (Å²) < 4.78 is 58.7. The Hall–Kier alpha value is -0.500. The number of carbonyl (C=O) groups excluding carboxylic acids is 1. The quantitative estimate of drug-likeness (QED) is 0.713. The molecule has 0 heterocycles. The molecule has 0 bridgehead atoms. The summed E-state index contributed by atoms with van der Waals surface area (Å²) in [5.74, 6) is -1.29. The van der Waals surface area contributed by atoms with Gasteiger partial charge in [-0.15, -0.1) is 11.6 Å². The molecule has 0 aliphatic carbocycles. The molecule has 1 unspecified atom stereocenters. The molecule has 0 aliphatic rings. The maximum absolute atomic E-state index is 12.2. The number of hydrogen-bond donors (Lipinski definition) is 0. The molecule has 1 amide bonds. The highest BCUT2D eigenvalue weighted by Crippen LogP contribution is 2.18. The number of amides is 1. The number of hydrogen-bond acceptors (Lipinski definition) is 3. The summed E-state index contributed by atoms with van der Waals surface area (Å²) in [6, 6.07) is 0. The molecule has 0 saturated heterocycles. The average molecular weight is 296 g/mol. The van der Waals surface area contributed by atoms with Crippen LogP contribution in [0.3, 0.4) is 0 Å². The number of nitrogens with zero attached hydrogens (tertiary/aromatic N) is 1. The van der Waals surface area contributed by atoms with E-state index in [-0.39, 0.29) is 12.4 Å². The highest BCUT2D eigenvalue weighted by molar-refractivity contribution is 7.92. The second-order valence-corrected chi connectivity index (χ2v) is 6.28. The number of sulfone groups is 1. The summed E-state index contributed by atoms with van der Waals surface area (Å²) in [4.78, 5) is 11.9. The minimum Gasteiger partial charge on any atom is -0.331 e. The first-order valence-corrected chi connectivity index (χ1v) is 7.08. The molecular weight excluding hydrogens is 283 g/mol. The lowest BCUT2D eigenvalue weighted by molar-refractivity contribution is -0.160. The van der Waals surface area contributed by atoms with Gasteiger partial charge in [0, 0.05) is 18.7 Å². The molecule has 102 valence electrons. The van der Waals surface area contributed by atoms with E-state index in [9.17, 15) is 26.4 Å². The van der Waals surface area contributed by atoms with Crippen LogP contribution in [0.2, 0.25) is 0 Å². The van der Waals surface area contributed by atoms with Gasteiger partial charge in [-0.1, -0.05) is 0 Å². The van der Waals surface area contributed by atoms with Gasteiger partial charge >= 0.3 is 6.18 Å². The van der Waals surface area contributed by atoms with Gasteiger partial charge in [0.25, 0.3) is 0 Å². The van der Waals surface area contributed by atoms with Crippen LogP contribution >= 0.6 is 11.6 Å². The van der Waals surface area contributed by atoms with Crippen LogP contribution < -0.4 is 0 Å². The van der Waals surface area contributed by atoms with E-state index in [0.29, 0.717) is 4.90 Å². The third-order valence-corrected chi connectivity index (χ3v) is 3.68. The molecule has 0 N–H and O–H groups in total. The molecule has 0 saturated carbocycles. The minimum absolute atomic E-state index is 0.196. The zero-order chi connectivity index (χ0) is 13.9. The van der Waals surface area contributed by atoms with Crippen LogP contribution in [0, 0.1) is 0 Å². The predicted octanol–water partition coefficient (Wildman–Crippen LogP) is 1.05.